The van der Waals surface area contributed by atoms with Crippen molar-refractivity contribution in [3.63, 3.8) is 0 Å². The molecule has 3 fully saturated rings. The predicted octanol–water partition coefficient (Wildman–Crippen LogP) is 2.83. The monoisotopic (exact) mass is 136 g/mol. The van der Waals surface area contributed by atoms with Crippen LogP contribution in [0.25, 0.3) is 0 Å². The van der Waals surface area contributed by atoms with E-state index in [1.165, 1.54) is 23.7 Å². The van der Waals surface area contributed by atoms with Gasteiger partial charge in [-0.05, 0) is 55.8 Å². The minimum atomic E-state index is 1.19. The fraction of sp³-hybridized carbons (Fsp3) is 1.00. The van der Waals surface area contributed by atoms with E-state index < -0.39 is 0 Å². The normalized spacial score (nSPS) is 57.6. The van der Waals surface area contributed by atoms with Crippen LogP contribution in [-0.2, 0) is 0 Å². The average molecular weight is 136 g/mol. The summed E-state index contributed by atoms with van der Waals surface area (Å²) in [7, 11) is 0. The molecule has 0 heteroatoms. The minimum absolute atomic E-state index is 1.19. The van der Waals surface area contributed by atoms with Gasteiger partial charge in [0.15, 0.2) is 0 Å². The highest BCUT2D eigenvalue weighted by molar-refractivity contribution is 4.98. The van der Waals surface area contributed by atoms with Crippen LogP contribution in [0.5, 0.6) is 0 Å². The van der Waals surface area contributed by atoms with Gasteiger partial charge in [-0.3, -0.25) is 0 Å². The van der Waals surface area contributed by atoms with Crippen LogP contribution in [0.15, 0.2) is 0 Å². The molecule has 0 spiro atoms. The Kier molecular flexibility index (Phi) is 1.00. The Morgan fingerprint density at radius 1 is 0.700 bits per heavy atom. The maximum absolute atomic E-state index is 1.62. The zero-order chi connectivity index (χ0) is 6.55. The van der Waals surface area contributed by atoms with Gasteiger partial charge in [-0.25, -0.2) is 0 Å². The van der Waals surface area contributed by atoms with Gasteiger partial charge in [0.2, 0.25) is 0 Å². The first-order valence-corrected chi connectivity index (χ1v) is 4.95. The Labute approximate surface area is 63.0 Å². The van der Waals surface area contributed by atoms with E-state index >= 15 is 0 Å². The molecule has 2 bridgehead atoms. The molecule has 56 valence electrons. The van der Waals surface area contributed by atoms with Crippen molar-refractivity contribution in [2.24, 2.45) is 23.7 Å². The topological polar surface area (TPSA) is 0 Å². The van der Waals surface area contributed by atoms with E-state index in [-0.39, 0.29) is 0 Å². The van der Waals surface area contributed by atoms with Crippen LogP contribution in [0.3, 0.4) is 0 Å². The van der Waals surface area contributed by atoms with Gasteiger partial charge in [-0.2, -0.15) is 0 Å². The third kappa shape index (κ3) is 0.538. The SMILES string of the molecule is C1C[C@@H]2[C@@H]3CC[C@@H](C3)[C@H]2C1. The Hall–Kier alpha value is 0. The Morgan fingerprint density at radius 3 is 1.90 bits per heavy atom. The third-order valence-corrected chi connectivity index (χ3v) is 4.35. The zero-order valence-corrected chi connectivity index (χ0v) is 6.55. The molecule has 0 aromatic rings. The van der Waals surface area contributed by atoms with Crippen LogP contribution >= 0.6 is 0 Å². The van der Waals surface area contributed by atoms with E-state index in [2.05, 4.69) is 0 Å². The van der Waals surface area contributed by atoms with Crippen molar-refractivity contribution < 1.29 is 0 Å². The largest absolute Gasteiger partial charge is 0.0527 e. The minimum Gasteiger partial charge on any atom is -0.0527 e. The molecule has 0 amide bonds. The molecule has 0 saturated heterocycles. The summed E-state index contributed by atoms with van der Waals surface area (Å²) in [5.41, 5.74) is 0. The summed E-state index contributed by atoms with van der Waals surface area (Å²) in [5, 5.41) is 0. The fourth-order valence-electron chi connectivity index (χ4n) is 4.02. The highest BCUT2D eigenvalue weighted by Gasteiger charge is 2.48. The lowest BCUT2D eigenvalue weighted by atomic mass is 9.82. The van der Waals surface area contributed by atoms with Crippen molar-refractivity contribution in [1.29, 1.82) is 0 Å². The van der Waals surface area contributed by atoms with E-state index in [1.54, 1.807) is 38.5 Å². The van der Waals surface area contributed by atoms with E-state index in [1.807, 2.05) is 0 Å². The van der Waals surface area contributed by atoms with Gasteiger partial charge in [-0.15, -0.1) is 0 Å². The molecule has 0 aromatic carbocycles. The van der Waals surface area contributed by atoms with E-state index in [9.17, 15) is 0 Å². The van der Waals surface area contributed by atoms with Crippen molar-refractivity contribution in [3.8, 4) is 0 Å². The predicted molar refractivity (Wildman–Crippen MR) is 41.7 cm³/mol. The van der Waals surface area contributed by atoms with Crippen molar-refractivity contribution in [2.45, 2.75) is 38.5 Å². The summed E-state index contributed by atoms with van der Waals surface area (Å²) in [6, 6.07) is 0. The zero-order valence-electron chi connectivity index (χ0n) is 6.55. The molecule has 10 heavy (non-hydrogen) atoms. The van der Waals surface area contributed by atoms with Gasteiger partial charge in [0, 0.05) is 0 Å². The van der Waals surface area contributed by atoms with Gasteiger partial charge < -0.3 is 0 Å². The van der Waals surface area contributed by atoms with Crippen molar-refractivity contribution in [1.82, 2.24) is 0 Å². The molecule has 4 atom stereocenters. The molecule has 3 saturated carbocycles. The molecule has 0 heterocycles. The highest BCUT2D eigenvalue weighted by Crippen LogP contribution is 2.58. The molecule has 0 aromatic heterocycles. The second-order valence-corrected chi connectivity index (χ2v) is 4.59. The molecule has 0 unspecified atom stereocenters. The Bertz CT molecular complexity index is 134. The van der Waals surface area contributed by atoms with E-state index in [0.29, 0.717) is 0 Å². The van der Waals surface area contributed by atoms with Crippen LogP contribution in [0.1, 0.15) is 38.5 Å². The number of hydrogen-bond acceptors (Lipinski definition) is 0. The lowest BCUT2D eigenvalue weighted by molar-refractivity contribution is 0.259. The summed E-state index contributed by atoms with van der Waals surface area (Å²) < 4.78 is 0. The number of rotatable bonds is 0. The van der Waals surface area contributed by atoms with Crippen LogP contribution in [-0.4, -0.2) is 0 Å². The molecule has 0 radical (unpaired) electrons. The first-order chi connectivity index (χ1) is 4.95. The molecule has 3 rings (SSSR count). The van der Waals surface area contributed by atoms with Crippen molar-refractivity contribution in [3.05, 3.63) is 0 Å². The van der Waals surface area contributed by atoms with Crippen molar-refractivity contribution in [2.75, 3.05) is 0 Å². The highest BCUT2D eigenvalue weighted by atomic mass is 14.5. The lowest BCUT2D eigenvalue weighted by Crippen LogP contribution is -2.15. The number of fused-ring (bicyclic) bond motifs is 5. The maximum Gasteiger partial charge on any atom is -0.0355 e. The van der Waals surface area contributed by atoms with Crippen LogP contribution < -0.4 is 0 Å². The molecule has 0 nitrogen and oxygen atoms in total. The quantitative estimate of drug-likeness (QED) is 0.480. The smallest absolute Gasteiger partial charge is 0.0355 e. The Balaban J connectivity index is 1.92. The average Bonchev–Trinajstić information content (AvgIpc) is 2.60. The molecule has 0 N–H and O–H groups in total. The molecule has 3 aliphatic rings. The van der Waals surface area contributed by atoms with E-state index in [0.717, 1.165) is 0 Å². The maximum atomic E-state index is 1.62. The fourth-order valence-corrected chi connectivity index (χ4v) is 4.02. The van der Waals surface area contributed by atoms with Gasteiger partial charge in [-0.1, -0.05) is 6.42 Å². The lowest BCUT2D eigenvalue weighted by Gasteiger charge is -2.23. The molecule has 0 aliphatic heterocycles. The van der Waals surface area contributed by atoms with Gasteiger partial charge in [0.05, 0.1) is 0 Å². The van der Waals surface area contributed by atoms with Crippen molar-refractivity contribution >= 4 is 0 Å². The molecule has 3 aliphatic carbocycles. The van der Waals surface area contributed by atoms with Gasteiger partial charge >= 0.3 is 0 Å². The Morgan fingerprint density at radius 2 is 1.30 bits per heavy atom. The first kappa shape index (κ1) is 5.62. The van der Waals surface area contributed by atoms with Crippen LogP contribution in [0.2, 0.25) is 0 Å². The van der Waals surface area contributed by atoms with Crippen LogP contribution in [0, 0.1) is 23.7 Å². The first-order valence-electron chi connectivity index (χ1n) is 4.95. The van der Waals surface area contributed by atoms with E-state index in [4.69, 9.17) is 0 Å². The summed E-state index contributed by atoms with van der Waals surface area (Å²) in [5.74, 6) is 4.80. The molecular weight excluding hydrogens is 120 g/mol. The summed E-state index contributed by atoms with van der Waals surface area (Å²) in [6.45, 7) is 0. The summed E-state index contributed by atoms with van der Waals surface area (Å²) >= 11 is 0. The number of hydrogen-bond donors (Lipinski definition) is 0. The second-order valence-electron chi connectivity index (χ2n) is 4.59. The second kappa shape index (κ2) is 1.78. The summed E-state index contributed by atoms with van der Waals surface area (Å²) in [4.78, 5) is 0. The summed E-state index contributed by atoms with van der Waals surface area (Å²) in [6.07, 6.45) is 9.53. The van der Waals surface area contributed by atoms with Gasteiger partial charge in [0.25, 0.3) is 0 Å². The molecular formula is C10H16. The van der Waals surface area contributed by atoms with Gasteiger partial charge in [0.1, 0.15) is 0 Å². The third-order valence-electron chi connectivity index (χ3n) is 4.35. The standard InChI is InChI=1S/C10H16/c1-2-9-7-4-5-8(6-7)10(9)3-1/h7-10H,1-6H2/t7-,8+,9-,10-/m1/s1. The van der Waals surface area contributed by atoms with Crippen LogP contribution in [0.4, 0.5) is 0 Å².